The Hall–Kier alpha value is -1.76. The first-order chi connectivity index (χ1) is 6.48. The number of hydrogen-bond acceptors (Lipinski definition) is 5. The van der Waals surface area contributed by atoms with Crippen LogP contribution in [-0.4, -0.2) is 24.9 Å². The van der Waals surface area contributed by atoms with Crippen molar-refractivity contribution in [2.45, 2.75) is 5.03 Å². The van der Waals surface area contributed by atoms with Gasteiger partial charge in [0.2, 0.25) is 6.29 Å². The van der Waals surface area contributed by atoms with Crippen molar-refractivity contribution < 1.29 is 18.0 Å². The lowest BCUT2D eigenvalue weighted by molar-refractivity contribution is 0.265. The molecule has 1 amide bonds. The van der Waals surface area contributed by atoms with Crippen molar-refractivity contribution in [3.8, 4) is 0 Å². The van der Waals surface area contributed by atoms with Gasteiger partial charge in [-0.3, -0.25) is 9.59 Å². The van der Waals surface area contributed by atoms with Gasteiger partial charge in [0.05, 0.1) is 0 Å². The summed E-state index contributed by atoms with van der Waals surface area (Å²) >= 11 is 0. The monoisotopic (exact) mass is 213 g/mol. The van der Waals surface area contributed by atoms with Crippen molar-refractivity contribution in [3.63, 3.8) is 0 Å². The quantitative estimate of drug-likeness (QED) is 0.705. The summed E-state index contributed by atoms with van der Waals surface area (Å²) in [4.78, 5) is 24.1. The minimum Gasteiger partial charge on any atom is -0.356 e. The van der Waals surface area contributed by atoms with Gasteiger partial charge >= 0.3 is 5.24 Å². The molecule has 0 fully saturated rings. The second-order valence-electron chi connectivity index (χ2n) is 2.31. The van der Waals surface area contributed by atoms with Gasteiger partial charge in [-0.25, -0.2) is 13.4 Å². The van der Waals surface area contributed by atoms with E-state index in [2.05, 4.69) is 10.7 Å². The minimum absolute atomic E-state index is 0.0141. The highest BCUT2D eigenvalue weighted by atomic mass is 32.2. The van der Waals surface area contributed by atoms with Gasteiger partial charge in [-0.2, -0.15) is 0 Å². The molecule has 14 heavy (non-hydrogen) atoms. The Morgan fingerprint density at radius 2 is 2.14 bits per heavy atom. The van der Waals surface area contributed by atoms with Crippen LogP contribution < -0.4 is 5.73 Å². The number of primary amides is 1. The van der Waals surface area contributed by atoms with Crippen LogP contribution in [-0.2, 0) is 14.6 Å². The van der Waals surface area contributed by atoms with E-state index in [0.29, 0.717) is 0 Å². The summed E-state index contributed by atoms with van der Waals surface area (Å²) < 4.78 is 22.3. The van der Waals surface area contributed by atoms with Crippen molar-refractivity contribution >= 4 is 21.4 Å². The van der Waals surface area contributed by atoms with E-state index < -0.39 is 20.1 Å². The topological polar surface area (TPSA) is 107 Å². The van der Waals surface area contributed by atoms with Gasteiger partial charge in [-0.1, -0.05) is 0 Å². The summed E-state index contributed by atoms with van der Waals surface area (Å²) in [5.74, 6) is 0. The fraction of sp³-hybridized carbons (Fsp3) is 0. The largest absolute Gasteiger partial charge is 0.356 e. The van der Waals surface area contributed by atoms with Crippen LogP contribution in [0.5, 0.6) is 0 Å². The van der Waals surface area contributed by atoms with E-state index in [1.165, 1.54) is 12.4 Å². The maximum atomic E-state index is 11.1. The van der Waals surface area contributed by atoms with Crippen molar-refractivity contribution in [1.29, 1.82) is 0 Å². The van der Waals surface area contributed by atoms with E-state index in [-0.39, 0.29) is 5.56 Å². The molecule has 0 bridgehead atoms. The summed E-state index contributed by atoms with van der Waals surface area (Å²) in [6.45, 7) is 0. The van der Waals surface area contributed by atoms with Crippen LogP contribution in [0.3, 0.4) is 0 Å². The fourth-order valence-electron chi connectivity index (χ4n) is 0.723. The van der Waals surface area contributed by atoms with Gasteiger partial charge in [0, 0.05) is 11.8 Å². The first kappa shape index (κ1) is 10.3. The van der Waals surface area contributed by atoms with Crippen molar-refractivity contribution in [2.75, 3.05) is 0 Å². The Labute approximate surface area is 79.7 Å². The molecule has 1 rings (SSSR count). The zero-order chi connectivity index (χ0) is 10.8. The summed E-state index contributed by atoms with van der Waals surface area (Å²) in [5.41, 5.74) is 4.61. The predicted molar refractivity (Wildman–Crippen MR) is 45.8 cm³/mol. The molecule has 1 heterocycles. The molecule has 0 unspecified atom stereocenters. The number of nitrogens with two attached hydrogens (primary N) is 1. The minimum atomic E-state index is -4.26. The van der Waals surface area contributed by atoms with E-state index in [4.69, 9.17) is 0 Å². The Bertz CT molecular complexity index is 480. The number of pyridine rings is 1. The maximum Gasteiger partial charge on any atom is 0.340 e. The molecular formula is C7H5N2O4S. The predicted octanol–water partition coefficient (Wildman–Crippen LogP) is -0.608. The molecule has 1 radical (unpaired) electrons. The van der Waals surface area contributed by atoms with Crippen molar-refractivity contribution in [2.24, 2.45) is 5.73 Å². The second kappa shape index (κ2) is 3.54. The molecule has 1 aromatic heterocycles. The lowest BCUT2D eigenvalue weighted by atomic mass is 10.3. The number of rotatable bonds is 2. The molecule has 1 aromatic rings. The lowest BCUT2D eigenvalue weighted by Gasteiger charge is -1.97. The zero-order valence-corrected chi connectivity index (χ0v) is 7.61. The maximum absolute atomic E-state index is 11.1. The van der Waals surface area contributed by atoms with Gasteiger partial charge in [0.1, 0.15) is 0 Å². The zero-order valence-electron chi connectivity index (χ0n) is 6.80. The van der Waals surface area contributed by atoms with Crippen molar-refractivity contribution in [1.82, 2.24) is 4.98 Å². The highest BCUT2D eigenvalue weighted by Gasteiger charge is 2.23. The first-order valence-electron chi connectivity index (χ1n) is 3.37. The highest BCUT2D eigenvalue weighted by Crippen LogP contribution is 2.08. The van der Waals surface area contributed by atoms with Crippen LogP contribution in [0.1, 0.15) is 5.56 Å². The van der Waals surface area contributed by atoms with Crippen LogP contribution in [0.25, 0.3) is 0 Å². The van der Waals surface area contributed by atoms with Gasteiger partial charge < -0.3 is 5.73 Å². The van der Waals surface area contributed by atoms with Gasteiger partial charge in [0.15, 0.2) is 5.03 Å². The van der Waals surface area contributed by atoms with Gasteiger partial charge in [-0.15, -0.1) is 0 Å². The molecule has 0 spiro atoms. The number of amides is 1. The molecule has 0 saturated heterocycles. The lowest BCUT2D eigenvalue weighted by Crippen LogP contribution is -2.22. The molecule has 0 saturated carbocycles. The Balaban J connectivity index is 3.34. The number of sulfone groups is 1. The standard InChI is InChI=1S/C7H5N2O4S/c8-7(11)14(12,13)6-3-5(4-10)1-2-9-6/h1-3H,(H2,8,11). The summed E-state index contributed by atoms with van der Waals surface area (Å²) in [6.07, 6.45) is 2.55. The van der Waals surface area contributed by atoms with E-state index in [9.17, 15) is 18.0 Å². The van der Waals surface area contributed by atoms with E-state index >= 15 is 0 Å². The molecule has 0 aliphatic heterocycles. The summed E-state index contributed by atoms with van der Waals surface area (Å²) in [6, 6.07) is 2.18. The molecule has 0 atom stereocenters. The highest BCUT2D eigenvalue weighted by molar-refractivity contribution is 8.05. The molecule has 2 N–H and O–H groups in total. The normalized spacial score (nSPS) is 10.9. The van der Waals surface area contributed by atoms with Crippen LogP contribution in [0.2, 0.25) is 0 Å². The molecular weight excluding hydrogens is 208 g/mol. The third-order valence-electron chi connectivity index (χ3n) is 1.39. The van der Waals surface area contributed by atoms with E-state index in [0.717, 1.165) is 12.3 Å². The Morgan fingerprint density at radius 3 is 2.64 bits per heavy atom. The number of aromatic nitrogens is 1. The third kappa shape index (κ3) is 1.77. The molecule has 0 aliphatic rings. The average molecular weight is 213 g/mol. The number of hydrogen-bond donors (Lipinski definition) is 1. The van der Waals surface area contributed by atoms with Gasteiger partial charge in [0.25, 0.3) is 9.84 Å². The third-order valence-corrected chi connectivity index (χ3v) is 2.70. The average Bonchev–Trinajstić information content (AvgIpc) is 2.17. The molecule has 0 aromatic carbocycles. The SMILES string of the molecule is NC(=O)S(=O)(=O)c1cc([C]=O)ccn1. The number of carbonyl (C=O) groups excluding carboxylic acids is 2. The van der Waals surface area contributed by atoms with E-state index in [1.54, 1.807) is 0 Å². The second-order valence-corrected chi connectivity index (χ2v) is 4.13. The Kier molecular flexibility index (Phi) is 2.61. The number of nitrogens with zero attached hydrogens (tertiary/aromatic N) is 1. The van der Waals surface area contributed by atoms with Gasteiger partial charge in [-0.05, 0) is 12.1 Å². The molecule has 0 aliphatic carbocycles. The smallest absolute Gasteiger partial charge is 0.340 e. The fourth-order valence-corrected chi connectivity index (χ4v) is 1.41. The summed E-state index contributed by atoms with van der Waals surface area (Å²) in [7, 11) is -4.26. The first-order valence-corrected chi connectivity index (χ1v) is 4.85. The molecule has 6 nitrogen and oxygen atoms in total. The molecule has 73 valence electrons. The van der Waals surface area contributed by atoms with Crippen LogP contribution in [0, 0.1) is 0 Å². The van der Waals surface area contributed by atoms with E-state index in [1.807, 2.05) is 0 Å². The van der Waals surface area contributed by atoms with Crippen LogP contribution >= 0.6 is 0 Å². The van der Waals surface area contributed by atoms with Crippen molar-refractivity contribution in [3.05, 3.63) is 23.9 Å². The van der Waals surface area contributed by atoms with Crippen LogP contribution in [0.4, 0.5) is 4.79 Å². The number of carbonyl (C=O) groups is 1. The molecule has 7 heteroatoms. The summed E-state index contributed by atoms with van der Waals surface area (Å²) in [5, 5.41) is -2.06. The Morgan fingerprint density at radius 1 is 1.50 bits per heavy atom. The van der Waals surface area contributed by atoms with Crippen LogP contribution in [0.15, 0.2) is 23.4 Å².